The van der Waals surface area contributed by atoms with Gasteiger partial charge >= 0.3 is 0 Å². The first-order valence-electron chi connectivity index (χ1n) is 10.4. The Hall–Kier alpha value is -2.29. The smallest absolute Gasteiger partial charge is 0.191 e. The molecule has 160 valence electrons. The number of rotatable bonds is 5. The van der Waals surface area contributed by atoms with Crippen LogP contribution in [-0.4, -0.2) is 41.2 Å². The Kier molecular flexibility index (Phi) is 7.58. The lowest BCUT2D eigenvalue weighted by Gasteiger charge is -2.20. The number of aromatic nitrogens is 2. The molecule has 1 unspecified atom stereocenters. The molecular weight excluding hydrogens is 487 g/mol. The second kappa shape index (κ2) is 10.1. The lowest BCUT2D eigenvalue weighted by atomic mass is 10.2. The van der Waals surface area contributed by atoms with Crippen LogP contribution in [0.4, 0.5) is 5.69 Å². The third kappa shape index (κ3) is 5.06. The van der Waals surface area contributed by atoms with Crippen molar-refractivity contribution >= 4 is 46.7 Å². The van der Waals surface area contributed by atoms with Crippen molar-refractivity contribution in [2.75, 3.05) is 24.5 Å². The van der Waals surface area contributed by atoms with E-state index in [1.807, 2.05) is 18.2 Å². The van der Waals surface area contributed by atoms with Crippen molar-refractivity contribution in [2.24, 2.45) is 12.0 Å². The minimum atomic E-state index is 0. The van der Waals surface area contributed by atoms with Gasteiger partial charge in [-0.3, -0.25) is 0 Å². The number of guanidine groups is 1. The molecule has 2 N–H and O–H groups in total. The van der Waals surface area contributed by atoms with Crippen molar-refractivity contribution in [3.8, 4) is 0 Å². The van der Waals surface area contributed by atoms with Gasteiger partial charge < -0.3 is 20.1 Å². The molecule has 1 saturated heterocycles. The summed E-state index contributed by atoms with van der Waals surface area (Å²) in [6.07, 6.45) is 1.10. The molecule has 6 nitrogen and oxygen atoms in total. The fourth-order valence-corrected chi connectivity index (χ4v) is 3.87. The van der Waals surface area contributed by atoms with Crippen LogP contribution in [0.25, 0.3) is 11.0 Å². The normalized spacial score (nSPS) is 16.6. The predicted molar refractivity (Wildman–Crippen MR) is 136 cm³/mol. The SMILES string of the molecule is CCNC(=NCc1nc2ccccc2n1C)NC1CCN(c2ccc(C)cc2)C1.I. The van der Waals surface area contributed by atoms with Crippen LogP contribution in [0.3, 0.4) is 0 Å². The molecule has 0 radical (unpaired) electrons. The van der Waals surface area contributed by atoms with E-state index in [-0.39, 0.29) is 24.0 Å². The Morgan fingerprint density at radius 1 is 1.17 bits per heavy atom. The number of aliphatic imine (C=N–C) groups is 1. The average molecular weight is 518 g/mol. The summed E-state index contributed by atoms with van der Waals surface area (Å²) < 4.78 is 2.12. The highest BCUT2D eigenvalue weighted by molar-refractivity contribution is 14.0. The molecule has 0 bridgehead atoms. The molecule has 7 heteroatoms. The summed E-state index contributed by atoms with van der Waals surface area (Å²) in [5.74, 6) is 1.83. The van der Waals surface area contributed by atoms with Crippen molar-refractivity contribution in [1.29, 1.82) is 0 Å². The predicted octanol–water partition coefficient (Wildman–Crippen LogP) is 3.83. The Balaban J connectivity index is 0.00000256. The number of benzene rings is 2. The van der Waals surface area contributed by atoms with Gasteiger partial charge in [-0.25, -0.2) is 9.98 Å². The van der Waals surface area contributed by atoms with Gasteiger partial charge in [-0.1, -0.05) is 29.8 Å². The highest BCUT2D eigenvalue weighted by Gasteiger charge is 2.23. The number of fused-ring (bicyclic) bond motifs is 1. The zero-order chi connectivity index (χ0) is 20.2. The fraction of sp³-hybridized carbons (Fsp3) is 0.391. The lowest BCUT2D eigenvalue weighted by Crippen LogP contribution is -2.44. The van der Waals surface area contributed by atoms with E-state index in [0.717, 1.165) is 48.9 Å². The Morgan fingerprint density at radius 2 is 1.93 bits per heavy atom. The maximum Gasteiger partial charge on any atom is 0.191 e. The molecule has 4 rings (SSSR count). The quantitative estimate of drug-likeness (QED) is 0.306. The van der Waals surface area contributed by atoms with Crippen LogP contribution < -0.4 is 15.5 Å². The third-order valence-electron chi connectivity index (χ3n) is 5.53. The first kappa shape index (κ1) is 22.4. The van der Waals surface area contributed by atoms with Crippen LogP contribution in [-0.2, 0) is 13.6 Å². The number of para-hydroxylation sites is 2. The monoisotopic (exact) mass is 518 g/mol. The van der Waals surface area contributed by atoms with E-state index in [9.17, 15) is 0 Å². The molecule has 0 saturated carbocycles. The number of hydrogen-bond donors (Lipinski definition) is 2. The van der Waals surface area contributed by atoms with Crippen LogP contribution in [0.1, 0.15) is 24.7 Å². The summed E-state index contributed by atoms with van der Waals surface area (Å²) in [5, 5.41) is 6.99. The fourth-order valence-electron chi connectivity index (χ4n) is 3.87. The van der Waals surface area contributed by atoms with Gasteiger partial charge in [0.2, 0.25) is 0 Å². The molecule has 1 fully saturated rings. The van der Waals surface area contributed by atoms with Crippen molar-refractivity contribution in [3.63, 3.8) is 0 Å². The van der Waals surface area contributed by atoms with Crippen LogP contribution in [0.5, 0.6) is 0 Å². The van der Waals surface area contributed by atoms with Gasteiger partial charge in [0.25, 0.3) is 0 Å². The molecule has 1 aliphatic rings. The van der Waals surface area contributed by atoms with E-state index in [1.54, 1.807) is 0 Å². The number of anilines is 1. The van der Waals surface area contributed by atoms with E-state index in [4.69, 9.17) is 9.98 Å². The molecular formula is C23H31IN6. The van der Waals surface area contributed by atoms with Gasteiger partial charge in [0, 0.05) is 38.4 Å². The summed E-state index contributed by atoms with van der Waals surface area (Å²) in [6.45, 7) is 7.66. The molecule has 30 heavy (non-hydrogen) atoms. The van der Waals surface area contributed by atoms with Crippen molar-refractivity contribution in [2.45, 2.75) is 32.9 Å². The number of aryl methyl sites for hydroxylation is 2. The molecule has 1 atom stereocenters. The maximum atomic E-state index is 4.81. The number of imidazole rings is 1. The van der Waals surface area contributed by atoms with Crippen LogP contribution in [0.2, 0.25) is 0 Å². The van der Waals surface area contributed by atoms with Gasteiger partial charge in [0.05, 0.1) is 11.0 Å². The maximum absolute atomic E-state index is 4.81. The van der Waals surface area contributed by atoms with Crippen molar-refractivity contribution in [1.82, 2.24) is 20.2 Å². The zero-order valence-corrected chi connectivity index (χ0v) is 20.3. The second-order valence-corrected chi connectivity index (χ2v) is 7.68. The van der Waals surface area contributed by atoms with Gasteiger partial charge in [-0.2, -0.15) is 0 Å². The van der Waals surface area contributed by atoms with Gasteiger partial charge in [-0.05, 0) is 44.5 Å². The summed E-state index contributed by atoms with van der Waals surface area (Å²) in [4.78, 5) is 12.0. The molecule has 0 amide bonds. The second-order valence-electron chi connectivity index (χ2n) is 7.68. The zero-order valence-electron chi connectivity index (χ0n) is 17.9. The van der Waals surface area contributed by atoms with E-state index < -0.39 is 0 Å². The Bertz CT molecular complexity index is 995. The summed E-state index contributed by atoms with van der Waals surface area (Å²) >= 11 is 0. The Morgan fingerprint density at radius 3 is 2.67 bits per heavy atom. The third-order valence-corrected chi connectivity index (χ3v) is 5.53. The summed E-state index contributed by atoms with van der Waals surface area (Å²) in [5.41, 5.74) is 4.75. The minimum Gasteiger partial charge on any atom is -0.369 e. The molecule has 2 heterocycles. The first-order valence-corrected chi connectivity index (χ1v) is 10.4. The van der Waals surface area contributed by atoms with Gasteiger partial charge in [0.15, 0.2) is 5.96 Å². The molecule has 0 spiro atoms. The average Bonchev–Trinajstić information content (AvgIpc) is 3.32. The lowest BCUT2D eigenvalue weighted by molar-refractivity contribution is 0.647. The Labute approximate surface area is 195 Å². The molecule has 2 aromatic carbocycles. The number of nitrogens with zero attached hydrogens (tertiary/aromatic N) is 4. The number of nitrogens with one attached hydrogen (secondary N) is 2. The molecule has 1 aliphatic heterocycles. The van der Waals surface area contributed by atoms with Crippen LogP contribution in [0.15, 0.2) is 53.5 Å². The van der Waals surface area contributed by atoms with Gasteiger partial charge in [-0.15, -0.1) is 24.0 Å². The summed E-state index contributed by atoms with van der Waals surface area (Å²) in [6, 6.07) is 17.4. The minimum absolute atomic E-state index is 0. The largest absolute Gasteiger partial charge is 0.369 e. The number of halogens is 1. The molecule has 1 aromatic heterocycles. The van der Waals surface area contributed by atoms with Crippen molar-refractivity contribution in [3.05, 3.63) is 59.9 Å². The van der Waals surface area contributed by atoms with Crippen molar-refractivity contribution < 1.29 is 0 Å². The van der Waals surface area contributed by atoms with E-state index in [1.165, 1.54) is 11.3 Å². The highest BCUT2D eigenvalue weighted by atomic mass is 127. The first-order chi connectivity index (χ1) is 14.1. The molecule has 0 aliphatic carbocycles. The van der Waals surface area contributed by atoms with E-state index in [0.29, 0.717) is 12.6 Å². The van der Waals surface area contributed by atoms with E-state index in [2.05, 4.69) is 71.3 Å². The standard InChI is InChI=1S/C23H30N6.HI/c1-4-24-23(25-15-22-27-20-7-5-6-8-21(20)28(22)3)26-18-13-14-29(16-18)19-11-9-17(2)10-12-19;/h5-12,18H,4,13-16H2,1-3H3,(H2,24,25,26);1H. The number of hydrogen-bond acceptors (Lipinski definition) is 3. The molecule has 3 aromatic rings. The van der Waals surface area contributed by atoms with Crippen LogP contribution in [0, 0.1) is 6.92 Å². The topological polar surface area (TPSA) is 57.5 Å². The van der Waals surface area contributed by atoms with E-state index >= 15 is 0 Å². The van der Waals surface area contributed by atoms with Crippen LogP contribution >= 0.6 is 24.0 Å². The summed E-state index contributed by atoms with van der Waals surface area (Å²) in [7, 11) is 2.05. The highest BCUT2D eigenvalue weighted by Crippen LogP contribution is 2.21. The van der Waals surface area contributed by atoms with Gasteiger partial charge in [0.1, 0.15) is 12.4 Å².